The number of hydrogen-bond acceptors (Lipinski definition) is 6. The van der Waals surface area contributed by atoms with Gasteiger partial charge < -0.3 is 20.4 Å². The van der Waals surface area contributed by atoms with Gasteiger partial charge in [0.2, 0.25) is 0 Å². The molecule has 1 atom stereocenters. The van der Waals surface area contributed by atoms with Crippen LogP contribution in [-0.2, 0) is 7.05 Å². The van der Waals surface area contributed by atoms with Crippen LogP contribution in [0.1, 0.15) is 41.2 Å². The van der Waals surface area contributed by atoms with Crippen molar-refractivity contribution in [2.24, 2.45) is 12.8 Å². The molecular weight excluding hydrogens is 376 g/mol. The molecule has 3 heterocycles. The van der Waals surface area contributed by atoms with Crippen LogP contribution in [0, 0.1) is 0 Å². The van der Waals surface area contributed by atoms with Gasteiger partial charge in [-0.05, 0) is 42.9 Å². The predicted octanol–water partition coefficient (Wildman–Crippen LogP) is 2.34. The number of benzene rings is 1. The maximum atomic E-state index is 12.7. The number of fused-ring (bicyclic) bond motifs is 1. The molecule has 5 rings (SSSR count). The number of nitrogens with two attached hydrogens (primary N) is 1. The van der Waals surface area contributed by atoms with E-state index in [4.69, 9.17) is 10.2 Å². The smallest absolute Gasteiger partial charge is 0.298 e. The van der Waals surface area contributed by atoms with Gasteiger partial charge in [0.05, 0.1) is 5.52 Å². The Labute approximate surface area is 169 Å². The number of nitrogens with one attached hydrogen (secondary N) is 1. The summed E-state index contributed by atoms with van der Waals surface area (Å²) in [7, 11) is 1.90. The van der Waals surface area contributed by atoms with Crippen LogP contribution in [0.25, 0.3) is 10.9 Å². The molecule has 0 radical (unpaired) electrons. The quantitative estimate of drug-likeness (QED) is 0.697. The molecule has 1 aromatic carbocycles. The zero-order chi connectivity index (χ0) is 18.5. The lowest BCUT2D eigenvalue weighted by molar-refractivity contribution is 0.102. The van der Waals surface area contributed by atoms with Crippen molar-refractivity contribution < 1.29 is 9.21 Å². The third-order valence-corrected chi connectivity index (χ3v) is 5.28. The van der Waals surface area contributed by atoms with E-state index in [0.717, 1.165) is 48.0 Å². The Hall–Kier alpha value is -2.52. The first kappa shape index (κ1) is 18.8. The summed E-state index contributed by atoms with van der Waals surface area (Å²) in [6.45, 7) is 1.50. The first-order valence-corrected chi connectivity index (χ1v) is 9.31. The zero-order valence-electron chi connectivity index (χ0n) is 15.7. The molecule has 1 aliphatic carbocycles. The summed E-state index contributed by atoms with van der Waals surface area (Å²) in [5.74, 6) is 0.226. The van der Waals surface area contributed by atoms with Gasteiger partial charge in [-0.1, -0.05) is 0 Å². The molecule has 1 aliphatic heterocycles. The Morgan fingerprint density at radius 1 is 1.32 bits per heavy atom. The number of hydrogen-bond donors (Lipinski definition) is 2. The summed E-state index contributed by atoms with van der Waals surface area (Å²) in [5.41, 5.74) is 9.13. The van der Waals surface area contributed by atoms with Crippen molar-refractivity contribution in [1.82, 2.24) is 14.8 Å². The predicted molar refractivity (Wildman–Crippen MR) is 112 cm³/mol. The van der Waals surface area contributed by atoms with Crippen molar-refractivity contribution in [2.45, 2.75) is 31.2 Å². The molecule has 1 saturated carbocycles. The Morgan fingerprint density at radius 3 is 2.86 bits per heavy atom. The number of amides is 1. The van der Waals surface area contributed by atoms with E-state index >= 15 is 0 Å². The van der Waals surface area contributed by atoms with E-state index in [2.05, 4.69) is 21.5 Å². The van der Waals surface area contributed by atoms with Crippen LogP contribution in [0.5, 0.6) is 0 Å². The van der Waals surface area contributed by atoms with Gasteiger partial charge >= 0.3 is 0 Å². The molecule has 1 saturated heterocycles. The van der Waals surface area contributed by atoms with Gasteiger partial charge in [0, 0.05) is 43.4 Å². The average Bonchev–Trinajstić information content (AvgIpc) is 3.03. The minimum Gasteiger partial charge on any atom is -0.431 e. The lowest BCUT2D eigenvalue weighted by Crippen LogP contribution is -2.26. The van der Waals surface area contributed by atoms with Crippen LogP contribution in [0.15, 0.2) is 29.0 Å². The van der Waals surface area contributed by atoms with Gasteiger partial charge in [-0.3, -0.25) is 9.48 Å². The second-order valence-corrected chi connectivity index (χ2v) is 7.54. The van der Waals surface area contributed by atoms with Crippen molar-refractivity contribution >= 4 is 42.0 Å². The monoisotopic (exact) mass is 400 g/mol. The molecule has 0 unspecified atom stereocenters. The van der Waals surface area contributed by atoms with Gasteiger partial charge in [-0.25, -0.2) is 0 Å². The molecular formula is C19H24N6O2S. The maximum absolute atomic E-state index is 12.7. The van der Waals surface area contributed by atoms with E-state index < -0.39 is 0 Å². The third kappa shape index (κ3) is 3.47. The Bertz CT molecular complexity index is 1020. The van der Waals surface area contributed by atoms with Crippen molar-refractivity contribution in [3.05, 3.63) is 35.9 Å². The molecule has 3 N–H and O–H groups in total. The van der Waals surface area contributed by atoms with Crippen molar-refractivity contribution in [3.8, 4) is 0 Å². The van der Waals surface area contributed by atoms with E-state index in [0.29, 0.717) is 18.5 Å². The van der Waals surface area contributed by atoms with Crippen LogP contribution in [0.3, 0.4) is 0 Å². The topological polar surface area (TPSA) is 102 Å². The molecule has 9 heteroatoms. The number of anilines is 2. The Kier molecular flexibility index (Phi) is 4.80. The summed E-state index contributed by atoms with van der Waals surface area (Å²) in [6, 6.07) is 4.66. The molecule has 2 aliphatic rings. The van der Waals surface area contributed by atoms with Crippen molar-refractivity contribution in [2.75, 3.05) is 23.3 Å². The van der Waals surface area contributed by atoms with E-state index in [1.54, 1.807) is 4.68 Å². The largest absolute Gasteiger partial charge is 0.431 e. The van der Waals surface area contributed by atoms with E-state index in [-0.39, 0.29) is 31.1 Å². The fourth-order valence-corrected chi connectivity index (χ4v) is 3.71. The minimum atomic E-state index is -0.265. The Morgan fingerprint density at radius 2 is 2.14 bits per heavy atom. The third-order valence-electron chi connectivity index (χ3n) is 5.28. The number of carbonyl (C=O) groups is 1. The van der Waals surface area contributed by atoms with Gasteiger partial charge in [0.15, 0.2) is 5.69 Å². The summed E-state index contributed by atoms with van der Waals surface area (Å²) in [6.07, 6.45) is 6.55. The number of nitrogens with zero attached hydrogens (tertiary/aromatic N) is 4. The summed E-state index contributed by atoms with van der Waals surface area (Å²) in [5, 5.41) is 8.50. The van der Waals surface area contributed by atoms with Crippen LogP contribution >= 0.6 is 13.5 Å². The van der Waals surface area contributed by atoms with E-state index in [9.17, 15) is 4.79 Å². The van der Waals surface area contributed by atoms with Crippen molar-refractivity contribution in [1.29, 1.82) is 0 Å². The van der Waals surface area contributed by atoms with E-state index in [1.807, 2.05) is 24.2 Å². The minimum absolute atomic E-state index is 0. The molecule has 1 amide bonds. The highest BCUT2D eigenvalue weighted by Gasteiger charge is 2.28. The van der Waals surface area contributed by atoms with Crippen LogP contribution < -0.4 is 16.0 Å². The lowest BCUT2D eigenvalue weighted by atomic mass is 10.1. The second kappa shape index (κ2) is 7.14. The lowest BCUT2D eigenvalue weighted by Gasteiger charge is -2.11. The highest BCUT2D eigenvalue weighted by Crippen LogP contribution is 2.44. The summed E-state index contributed by atoms with van der Waals surface area (Å²) >= 11 is 0. The SMILES string of the molecule is Cn1cc2cc(NC(=O)c3coc(N4CC[C@H](N)C4)n3)c(C3CC3)cc2n1.S. The normalized spacial score (nSPS) is 19.1. The molecule has 0 bridgehead atoms. The fraction of sp³-hybridized carbons (Fsp3) is 0.421. The number of carbonyl (C=O) groups excluding carboxylic acids is 1. The fourth-order valence-electron chi connectivity index (χ4n) is 3.71. The van der Waals surface area contributed by atoms with Crippen LogP contribution in [0.2, 0.25) is 0 Å². The molecule has 28 heavy (non-hydrogen) atoms. The first-order chi connectivity index (χ1) is 13.1. The second-order valence-electron chi connectivity index (χ2n) is 7.54. The van der Waals surface area contributed by atoms with Crippen molar-refractivity contribution in [3.63, 3.8) is 0 Å². The van der Waals surface area contributed by atoms with Crippen LogP contribution in [-0.4, -0.2) is 39.8 Å². The standard InChI is InChI=1S/C19H22N6O2.H2S/c1-24-8-12-6-16(14(11-2-3-11)7-15(12)23-24)21-18(26)17-10-27-19(22-17)25-5-4-13(20)9-25;/h6-8,10-11,13H,2-5,9,20H2,1H3,(H,21,26);1H2/t13-;/m0./s1. The zero-order valence-corrected chi connectivity index (χ0v) is 16.7. The number of aryl methyl sites for hydroxylation is 1. The van der Waals surface area contributed by atoms with Gasteiger partial charge in [0.25, 0.3) is 11.9 Å². The molecule has 3 aromatic rings. The molecule has 2 aromatic heterocycles. The molecule has 2 fully saturated rings. The van der Waals surface area contributed by atoms with E-state index in [1.165, 1.54) is 6.26 Å². The highest BCUT2D eigenvalue weighted by molar-refractivity contribution is 7.59. The number of aromatic nitrogens is 3. The first-order valence-electron chi connectivity index (χ1n) is 9.31. The Balaban J connectivity index is 0.00000192. The van der Waals surface area contributed by atoms with Gasteiger partial charge in [0.1, 0.15) is 6.26 Å². The number of rotatable bonds is 4. The molecule has 0 spiro atoms. The number of oxazole rings is 1. The van der Waals surface area contributed by atoms with Crippen LogP contribution in [0.4, 0.5) is 11.7 Å². The summed E-state index contributed by atoms with van der Waals surface area (Å²) in [4.78, 5) is 19.1. The van der Waals surface area contributed by atoms with Gasteiger partial charge in [-0.15, -0.1) is 0 Å². The van der Waals surface area contributed by atoms with Gasteiger partial charge in [-0.2, -0.15) is 23.6 Å². The molecule has 148 valence electrons. The maximum Gasteiger partial charge on any atom is 0.298 e. The average molecular weight is 401 g/mol. The summed E-state index contributed by atoms with van der Waals surface area (Å²) < 4.78 is 7.29. The highest BCUT2D eigenvalue weighted by atomic mass is 32.1. The molecule has 8 nitrogen and oxygen atoms in total.